The molecule has 0 atom stereocenters. The molecule has 0 bridgehead atoms. The lowest BCUT2D eigenvalue weighted by Crippen LogP contribution is -2.44. The van der Waals surface area contributed by atoms with E-state index >= 15 is 0 Å². The van der Waals surface area contributed by atoms with Crippen LogP contribution in [-0.4, -0.2) is 24.1 Å². The van der Waals surface area contributed by atoms with Gasteiger partial charge in [-0.3, -0.25) is 4.79 Å². The maximum atomic E-state index is 13.0. The van der Waals surface area contributed by atoms with Crippen molar-refractivity contribution in [2.24, 2.45) is 0 Å². The number of hydrogen-bond donors (Lipinski definition) is 1. The number of benzene rings is 1. The first kappa shape index (κ1) is 15.2. The molecule has 4 nitrogen and oxygen atoms in total. The third kappa shape index (κ3) is 2.78. The Balaban J connectivity index is 1.90. The van der Waals surface area contributed by atoms with Gasteiger partial charge < -0.3 is 10.1 Å². The van der Waals surface area contributed by atoms with E-state index in [-0.39, 0.29) is 5.91 Å². The molecule has 0 aliphatic carbocycles. The van der Waals surface area contributed by atoms with Gasteiger partial charge in [-0.2, -0.15) is 0 Å². The summed E-state index contributed by atoms with van der Waals surface area (Å²) >= 11 is 1.53. The molecule has 22 heavy (non-hydrogen) atoms. The van der Waals surface area contributed by atoms with Crippen molar-refractivity contribution >= 4 is 22.4 Å². The molecule has 1 amide bonds. The van der Waals surface area contributed by atoms with Crippen LogP contribution < -0.4 is 5.32 Å². The molecule has 2 heterocycles. The summed E-state index contributed by atoms with van der Waals surface area (Å²) in [6, 6.07) is 10.0. The summed E-state index contributed by atoms with van der Waals surface area (Å²) in [5, 5.41) is 3.71. The monoisotopic (exact) mass is 316 g/mol. The van der Waals surface area contributed by atoms with Gasteiger partial charge in [-0.15, -0.1) is 11.3 Å². The third-order valence-corrected chi connectivity index (χ3v) is 5.34. The maximum Gasteiger partial charge on any atom is 0.236 e. The normalized spacial score (nSPS) is 17.2. The third-order valence-electron chi connectivity index (χ3n) is 4.36. The van der Waals surface area contributed by atoms with Crippen LogP contribution in [0.25, 0.3) is 0 Å². The van der Waals surface area contributed by atoms with Crippen LogP contribution in [0.3, 0.4) is 0 Å². The van der Waals surface area contributed by atoms with Crippen molar-refractivity contribution in [1.29, 1.82) is 0 Å². The predicted octanol–water partition coefficient (Wildman–Crippen LogP) is 3.45. The molecule has 0 unspecified atom stereocenters. The molecule has 1 saturated heterocycles. The van der Waals surface area contributed by atoms with Crippen LogP contribution >= 0.6 is 11.3 Å². The fourth-order valence-corrected chi connectivity index (χ4v) is 3.68. The summed E-state index contributed by atoms with van der Waals surface area (Å²) in [5.41, 5.74) is 1.51. The number of aryl methyl sites for hydroxylation is 2. The molecule has 1 aromatic carbocycles. The van der Waals surface area contributed by atoms with Crippen LogP contribution in [0, 0.1) is 13.8 Å². The van der Waals surface area contributed by atoms with E-state index in [1.54, 1.807) is 0 Å². The second kappa shape index (κ2) is 6.18. The predicted molar refractivity (Wildman–Crippen MR) is 88.4 cm³/mol. The van der Waals surface area contributed by atoms with Gasteiger partial charge in [0.1, 0.15) is 0 Å². The van der Waals surface area contributed by atoms with Gasteiger partial charge in [0.25, 0.3) is 0 Å². The van der Waals surface area contributed by atoms with Crippen molar-refractivity contribution in [3.63, 3.8) is 0 Å². The summed E-state index contributed by atoms with van der Waals surface area (Å²) in [4.78, 5) is 18.6. The lowest BCUT2D eigenvalue weighted by Gasteiger charge is -2.35. The number of nitrogens with zero attached hydrogens (tertiary/aromatic N) is 1. The fraction of sp³-hybridized carbons (Fsp3) is 0.412. The number of aromatic nitrogens is 1. The molecule has 5 heteroatoms. The molecule has 116 valence electrons. The Labute approximate surface area is 134 Å². The SMILES string of the molecule is Cc1nc(NC(=O)C2(c3ccccc3)CCOCC2)sc1C. The Morgan fingerprint density at radius 2 is 1.91 bits per heavy atom. The van der Waals surface area contributed by atoms with Crippen molar-refractivity contribution in [3.05, 3.63) is 46.5 Å². The lowest BCUT2D eigenvalue weighted by atomic mass is 9.73. The number of hydrogen-bond acceptors (Lipinski definition) is 4. The van der Waals surface area contributed by atoms with E-state index < -0.39 is 5.41 Å². The van der Waals surface area contributed by atoms with Crippen molar-refractivity contribution in [1.82, 2.24) is 4.98 Å². The van der Waals surface area contributed by atoms with E-state index in [0.29, 0.717) is 31.2 Å². The van der Waals surface area contributed by atoms with Gasteiger partial charge in [-0.25, -0.2) is 4.98 Å². The Bertz CT molecular complexity index is 641. The van der Waals surface area contributed by atoms with E-state index in [2.05, 4.69) is 10.3 Å². The van der Waals surface area contributed by atoms with E-state index in [1.165, 1.54) is 11.3 Å². The van der Waals surface area contributed by atoms with Crippen molar-refractivity contribution < 1.29 is 9.53 Å². The zero-order chi connectivity index (χ0) is 15.6. The molecule has 1 aliphatic heterocycles. The summed E-state index contributed by atoms with van der Waals surface area (Å²) in [7, 11) is 0. The minimum absolute atomic E-state index is 0.0238. The van der Waals surface area contributed by atoms with Gasteiger partial charge in [-0.1, -0.05) is 30.3 Å². The van der Waals surface area contributed by atoms with E-state index in [0.717, 1.165) is 16.1 Å². The number of carbonyl (C=O) groups is 1. The van der Waals surface area contributed by atoms with Crippen LogP contribution in [0.15, 0.2) is 30.3 Å². The molecule has 1 fully saturated rings. The Hall–Kier alpha value is -1.72. The highest BCUT2D eigenvalue weighted by Gasteiger charge is 2.41. The number of nitrogens with one attached hydrogen (secondary N) is 1. The first-order valence-corrected chi connectivity index (χ1v) is 8.32. The van der Waals surface area contributed by atoms with Crippen molar-refractivity contribution in [2.45, 2.75) is 32.1 Å². The Morgan fingerprint density at radius 3 is 2.50 bits per heavy atom. The molecule has 1 N–H and O–H groups in total. The van der Waals surface area contributed by atoms with Crippen LogP contribution in [0.1, 0.15) is 29.0 Å². The average molecular weight is 316 g/mol. The van der Waals surface area contributed by atoms with Gasteiger partial charge in [0, 0.05) is 18.1 Å². The van der Waals surface area contributed by atoms with E-state index in [4.69, 9.17) is 4.74 Å². The second-order valence-corrected chi connectivity index (χ2v) is 6.88. The largest absolute Gasteiger partial charge is 0.381 e. The van der Waals surface area contributed by atoms with Gasteiger partial charge >= 0.3 is 0 Å². The number of ether oxygens (including phenoxy) is 1. The molecular weight excluding hydrogens is 296 g/mol. The molecule has 0 saturated carbocycles. The topological polar surface area (TPSA) is 51.2 Å². The number of carbonyl (C=O) groups excluding carboxylic acids is 1. The second-order valence-electron chi connectivity index (χ2n) is 5.68. The molecule has 1 aliphatic rings. The molecule has 0 spiro atoms. The van der Waals surface area contributed by atoms with Gasteiger partial charge in [0.15, 0.2) is 5.13 Å². The first-order chi connectivity index (χ1) is 10.6. The summed E-state index contributed by atoms with van der Waals surface area (Å²) in [6.07, 6.45) is 1.40. The maximum absolute atomic E-state index is 13.0. The standard InChI is InChI=1S/C17H20N2O2S/c1-12-13(2)22-16(18-12)19-15(20)17(8-10-21-11-9-17)14-6-4-3-5-7-14/h3-7H,8-11H2,1-2H3,(H,18,19,20). The number of rotatable bonds is 3. The Morgan fingerprint density at radius 1 is 1.23 bits per heavy atom. The fourth-order valence-electron chi connectivity index (χ4n) is 2.87. The summed E-state index contributed by atoms with van der Waals surface area (Å²) < 4.78 is 5.48. The number of amides is 1. The van der Waals surface area contributed by atoms with E-state index in [9.17, 15) is 4.79 Å². The highest BCUT2D eigenvalue weighted by atomic mass is 32.1. The smallest absolute Gasteiger partial charge is 0.236 e. The van der Waals surface area contributed by atoms with Crippen LogP contribution in [0.5, 0.6) is 0 Å². The lowest BCUT2D eigenvalue weighted by molar-refractivity contribution is -0.125. The quantitative estimate of drug-likeness (QED) is 0.943. The van der Waals surface area contributed by atoms with E-state index in [1.807, 2.05) is 44.2 Å². The van der Waals surface area contributed by atoms with Crippen molar-refractivity contribution in [2.75, 3.05) is 18.5 Å². The Kier molecular flexibility index (Phi) is 4.27. The number of anilines is 1. The van der Waals surface area contributed by atoms with Crippen molar-refractivity contribution in [3.8, 4) is 0 Å². The zero-order valence-electron chi connectivity index (χ0n) is 12.9. The molecule has 0 radical (unpaired) electrons. The van der Waals surface area contributed by atoms with Gasteiger partial charge in [-0.05, 0) is 32.3 Å². The van der Waals surface area contributed by atoms with Gasteiger partial charge in [0.2, 0.25) is 5.91 Å². The van der Waals surface area contributed by atoms with Gasteiger partial charge in [0.05, 0.1) is 11.1 Å². The molecule has 3 rings (SSSR count). The minimum Gasteiger partial charge on any atom is -0.381 e. The summed E-state index contributed by atoms with van der Waals surface area (Å²) in [5.74, 6) is 0.0238. The first-order valence-electron chi connectivity index (χ1n) is 7.50. The van der Waals surface area contributed by atoms with Crippen LogP contribution in [-0.2, 0) is 14.9 Å². The van der Waals surface area contributed by atoms with Crippen LogP contribution in [0.2, 0.25) is 0 Å². The van der Waals surface area contributed by atoms with Crippen LogP contribution in [0.4, 0.5) is 5.13 Å². The molecule has 2 aromatic rings. The molecule has 1 aromatic heterocycles. The number of thiazole rings is 1. The zero-order valence-corrected chi connectivity index (χ0v) is 13.7. The highest BCUT2D eigenvalue weighted by molar-refractivity contribution is 7.15. The minimum atomic E-state index is -0.521. The average Bonchev–Trinajstić information content (AvgIpc) is 2.86. The highest BCUT2D eigenvalue weighted by Crippen LogP contribution is 2.36. The summed E-state index contributed by atoms with van der Waals surface area (Å²) in [6.45, 7) is 5.20. The molecular formula is C17H20N2O2S.